The van der Waals surface area contributed by atoms with Crippen molar-refractivity contribution in [2.24, 2.45) is 0 Å². The predicted octanol–water partition coefficient (Wildman–Crippen LogP) is 1.71. The molecule has 1 aromatic rings. The first-order valence-corrected chi connectivity index (χ1v) is 6.17. The highest BCUT2D eigenvalue weighted by molar-refractivity contribution is 5.77. The summed E-state index contributed by atoms with van der Waals surface area (Å²) in [4.78, 5) is 13.5. The van der Waals surface area contributed by atoms with Gasteiger partial charge in [-0.2, -0.15) is 0 Å². The molecule has 0 saturated carbocycles. The highest BCUT2D eigenvalue weighted by atomic mass is 16.5. The summed E-state index contributed by atoms with van der Waals surface area (Å²) < 4.78 is 5.25. The maximum atomic E-state index is 11.4. The van der Waals surface area contributed by atoms with Crippen molar-refractivity contribution in [1.82, 2.24) is 4.90 Å². The van der Waals surface area contributed by atoms with Crippen molar-refractivity contribution in [3.05, 3.63) is 35.4 Å². The average molecular weight is 249 g/mol. The van der Waals surface area contributed by atoms with Gasteiger partial charge in [0.05, 0.1) is 12.0 Å². The Bertz CT molecular complexity index is 433. The molecule has 0 aliphatic carbocycles. The Morgan fingerprint density at radius 3 is 2.94 bits per heavy atom. The lowest BCUT2D eigenvalue weighted by Crippen LogP contribution is -2.40. The number of carboxylic acid groups (broad SMARTS) is 1. The smallest absolute Gasteiger partial charge is 0.312 e. The molecule has 0 aromatic heterocycles. The molecule has 1 aliphatic rings. The van der Waals surface area contributed by atoms with Gasteiger partial charge in [-0.15, -0.1) is 0 Å². The largest absolute Gasteiger partial charge is 0.481 e. The molecule has 0 radical (unpaired) electrons. The van der Waals surface area contributed by atoms with Crippen LogP contribution < -0.4 is 0 Å². The van der Waals surface area contributed by atoms with Crippen molar-refractivity contribution in [1.29, 1.82) is 0 Å². The third-order valence-electron chi connectivity index (χ3n) is 3.48. The molecular weight excluding hydrogens is 230 g/mol. The van der Waals surface area contributed by atoms with Crippen LogP contribution in [0, 0.1) is 0 Å². The van der Waals surface area contributed by atoms with Crippen molar-refractivity contribution in [2.75, 3.05) is 20.2 Å². The minimum atomic E-state index is -0.753. The summed E-state index contributed by atoms with van der Waals surface area (Å²) >= 11 is 0. The highest BCUT2D eigenvalue weighted by Gasteiger charge is 2.30. The van der Waals surface area contributed by atoms with Gasteiger partial charge < -0.3 is 9.84 Å². The third kappa shape index (κ3) is 2.71. The number of rotatable bonds is 4. The maximum absolute atomic E-state index is 11.4. The SMILES string of the molecule is COC(C)CN1Cc2ccccc2C(C(=O)O)C1. The maximum Gasteiger partial charge on any atom is 0.312 e. The molecule has 0 bridgehead atoms. The summed E-state index contributed by atoms with van der Waals surface area (Å²) in [5, 5.41) is 9.34. The van der Waals surface area contributed by atoms with E-state index in [-0.39, 0.29) is 6.10 Å². The Labute approximate surface area is 107 Å². The first kappa shape index (κ1) is 13.1. The Morgan fingerprint density at radius 2 is 2.28 bits per heavy atom. The zero-order chi connectivity index (χ0) is 13.1. The number of aliphatic carboxylic acids is 1. The predicted molar refractivity (Wildman–Crippen MR) is 68.6 cm³/mol. The first-order valence-electron chi connectivity index (χ1n) is 6.17. The van der Waals surface area contributed by atoms with Crippen LogP contribution in [0.5, 0.6) is 0 Å². The molecular formula is C14H19NO3. The molecule has 1 aromatic carbocycles. The summed E-state index contributed by atoms with van der Waals surface area (Å²) in [7, 11) is 1.68. The van der Waals surface area contributed by atoms with Gasteiger partial charge in [0.25, 0.3) is 0 Å². The molecule has 0 amide bonds. The normalized spacial score (nSPS) is 21.3. The van der Waals surface area contributed by atoms with Crippen LogP contribution in [0.25, 0.3) is 0 Å². The third-order valence-corrected chi connectivity index (χ3v) is 3.48. The molecule has 1 N–H and O–H groups in total. The van der Waals surface area contributed by atoms with Gasteiger partial charge in [0, 0.05) is 26.7 Å². The quantitative estimate of drug-likeness (QED) is 0.882. The molecule has 4 nitrogen and oxygen atoms in total. The molecule has 4 heteroatoms. The Hall–Kier alpha value is -1.39. The zero-order valence-electron chi connectivity index (χ0n) is 10.8. The lowest BCUT2D eigenvalue weighted by molar-refractivity contribution is -0.139. The molecule has 0 saturated heterocycles. The number of methoxy groups -OCH3 is 1. The van der Waals surface area contributed by atoms with Gasteiger partial charge in [0.2, 0.25) is 0 Å². The van der Waals surface area contributed by atoms with Crippen molar-refractivity contribution in [3.63, 3.8) is 0 Å². The van der Waals surface area contributed by atoms with E-state index in [1.165, 1.54) is 0 Å². The van der Waals surface area contributed by atoms with Crippen LogP contribution in [0.4, 0.5) is 0 Å². The minimum Gasteiger partial charge on any atom is -0.481 e. The van der Waals surface area contributed by atoms with Gasteiger partial charge in [-0.1, -0.05) is 24.3 Å². The molecule has 1 heterocycles. The summed E-state index contributed by atoms with van der Waals surface area (Å²) in [5.74, 6) is -1.18. The van der Waals surface area contributed by atoms with Gasteiger partial charge in [-0.25, -0.2) is 0 Å². The van der Waals surface area contributed by atoms with Crippen LogP contribution in [-0.4, -0.2) is 42.3 Å². The van der Waals surface area contributed by atoms with E-state index >= 15 is 0 Å². The number of fused-ring (bicyclic) bond motifs is 1. The van der Waals surface area contributed by atoms with E-state index in [1.54, 1.807) is 7.11 Å². The second-order valence-corrected chi connectivity index (χ2v) is 4.83. The fourth-order valence-corrected chi connectivity index (χ4v) is 2.47. The van der Waals surface area contributed by atoms with Crippen LogP contribution in [0.2, 0.25) is 0 Å². The second kappa shape index (κ2) is 5.50. The monoisotopic (exact) mass is 249 g/mol. The number of hydrogen-bond acceptors (Lipinski definition) is 3. The first-order chi connectivity index (χ1) is 8.61. The standard InChI is InChI=1S/C14H19NO3/c1-10(18-2)7-15-8-11-5-3-4-6-12(11)13(9-15)14(16)17/h3-6,10,13H,7-9H2,1-2H3,(H,16,17). The lowest BCUT2D eigenvalue weighted by Gasteiger charge is -2.33. The average Bonchev–Trinajstić information content (AvgIpc) is 2.37. The molecule has 98 valence electrons. The second-order valence-electron chi connectivity index (χ2n) is 4.83. The van der Waals surface area contributed by atoms with Crippen LogP contribution in [0.3, 0.4) is 0 Å². The van der Waals surface area contributed by atoms with E-state index in [9.17, 15) is 9.90 Å². The van der Waals surface area contributed by atoms with E-state index in [1.807, 2.05) is 31.2 Å². The number of carboxylic acids is 1. The molecule has 0 fully saturated rings. The molecule has 0 spiro atoms. The number of carbonyl (C=O) groups is 1. The van der Waals surface area contributed by atoms with Crippen LogP contribution in [0.15, 0.2) is 24.3 Å². The van der Waals surface area contributed by atoms with Gasteiger partial charge in [0.15, 0.2) is 0 Å². The van der Waals surface area contributed by atoms with Crippen molar-refractivity contribution < 1.29 is 14.6 Å². The fraction of sp³-hybridized carbons (Fsp3) is 0.500. The topological polar surface area (TPSA) is 49.8 Å². The van der Waals surface area contributed by atoms with Crippen LogP contribution in [-0.2, 0) is 16.1 Å². The lowest BCUT2D eigenvalue weighted by atomic mass is 9.89. The summed E-state index contributed by atoms with van der Waals surface area (Å²) in [6.07, 6.45) is 0.115. The highest BCUT2D eigenvalue weighted by Crippen LogP contribution is 2.28. The van der Waals surface area contributed by atoms with Crippen molar-refractivity contribution >= 4 is 5.97 Å². The van der Waals surface area contributed by atoms with E-state index in [4.69, 9.17) is 4.74 Å². The Morgan fingerprint density at radius 1 is 1.56 bits per heavy atom. The molecule has 2 unspecified atom stereocenters. The van der Waals surface area contributed by atoms with Gasteiger partial charge in [0.1, 0.15) is 0 Å². The van der Waals surface area contributed by atoms with Crippen LogP contribution >= 0.6 is 0 Å². The van der Waals surface area contributed by atoms with E-state index in [0.29, 0.717) is 6.54 Å². The number of benzene rings is 1. The van der Waals surface area contributed by atoms with E-state index in [2.05, 4.69) is 4.90 Å². The number of nitrogens with zero attached hydrogens (tertiary/aromatic N) is 1. The molecule has 2 atom stereocenters. The number of ether oxygens (including phenoxy) is 1. The fourth-order valence-electron chi connectivity index (χ4n) is 2.47. The number of hydrogen-bond donors (Lipinski definition) is 1. The molecule has 18 heavy (non-hydrogen) atoms. The van der Waals surface area contributed by atoms with Crippen molar-refractivity contribution in [2.45, 2.75) is 25.5 Å². The van der Waals surface area contributed by atoms with Gasteiger partial charge in [-0.3, -0.25) is 9.69 Å². The summed E-state index contributed by atoms with van der Waals surface area (Å²) in [6, 6.07) is 7.79. The Kier molecular flexibility index (Phi) is 3.99. The summed E-state index contributed by atoms with van der Waals surface area (Å²) in [5.41, 5.74) is 2.06. The minimum absolute atomic E-state index is 0.115. The van der Waals surface area contributed by atoms with Gasteiger partial charge in [-0.05, 0) is 18.1 Å². The van der Waals surface area contributed by atoms with Crippen LogP contribution in [0.1, 0.15) is 24.0 Å². The summed E-state index contributed by atoms with van der Waals surface area (Å²) in [6.45, 7) is 4.11. The van der Waals surface area contributed by atoms with E-state index in [0.717, 1.165) is 24.2 Å². The van der Waals surface area contributed by atoms with Crippen molar-refractivity contribution in [3.8, 4) is 0 Å². The van der Waals surface area contributed by atoms with Gasteiger partial charge >= 0.3 is 5.97 Å². The Balaban J connectivity index is 2.20. The zero-order valence-corrected chi connectivity index (χ0v) is 10.8. The van der Waals surface area contributed by atoms with E-state index < -0.39 is 11.9 Å². The molecule has 1 aliphatic heterocycles. The molecule has 2 rings (SSSR count).